The molecule has 1 nitrogen and oxygen atoms in total. The van der Waals surface area contributed by atoms with E-state index < -0.39 is 0 Å². The number of rotatable bonds is 5. The fraction of sp³-hybridized carbons (Fsp3) is 1.00. The number of unbranched alkanes of at least 4 members (excludes halogenated alkanes) is 2. The van der Waals surface area contributed by atoms with Crippen molar-refractivity contribution in [2.75, 3.05) is 0 Å². The Morgan fingerprint density at radius 3 is 2.20 bits per heavy atom. The zero-order valence-corrected chi connectivity index (χ0v) is 6.56. The van der Waals surface area contributed by atoms with E-state index in [1.807, 2.05) is 6.92 Å². The van der Waals surface area contributed by atoms with Crippen LogP contribution in [0.4, 0.5) is 0 Å². The van der Waals surface area contributed by atoms with Gasteiger partial charge in [-0.1, -0.05) is 33.1 Å². The van der Waals surface area contributed by atoms with Crippen LogP contribution in [0.15, 0.2) is 0 Å². The summed E-state index contributed by atoms with van der Waals surface area (Å²) in [4.78, 5) is 0. The summed E-state index contributed by atoms with van der Waals surface area (Å²) >= 11 is 0. The molecule has 0 radical (unpaired) electrons. The Kier molecular flexibility index (Phi) is 13.5. The molecule has 0 spiro atoms. The molecule has 10 heavy (non-hydrogen) atoms. The molecule has 58 valence electrons. The molecule has 0 saturated carbocycles. The van der Waals surface area contributed by atoms with Crippen LogP contribution < -0.4 is 0 Å². The van der Waals surface area contributed by atoms with E-state index in [9.17, 15) is 0 Å². The van der Waals surface area contributed by atoms with E-state index in [2.05, 4.69) is 6.92 Å². The van der Waals surface area contributed by atoms with E-state index in [0.29, 0.717) is 0 Å². The summed E-state index contributed by atoms with van der Waals surface area (Å²) in [5, 5.41) is 9.08. The first kappa shape index (κ1) is 13.5. The normalized spacial score (nSPS) is 12.3. The van der Waals surface area contributed by atoms with Gasteiger partial charge < -0.3 is 5.11 Å². The van der Waals surface area contributed by atoms with Gasteiger partial charge in [-0.2, -0.15) is 0 Å². The van der Waals surface area contributed by atoms with E-state index in [1.54, 1.807) is 0 Å². The molecule has 0 aliphatic heterocycles. The second-order valence-corrected chi connectivity index (χ2v) is 2.56. The second-order valence-electron chi connectivity index (χ2n) is 2.56. The van der Waals surface area contributed by atoms with E-state index in [4.69, 9.17) is 5.11 Å². The minimum absolute atomic E-state index is 0. The van der Waals surface area contributed by atoms with Crippen molar-refractivity contribution >= 4 is 29.6 Å². The van der Waals surface area contributed by atoms with Crippen molar-refractivity contribution in [3.63, 3.8) is 0 Å². The molecule has 0 heterocycles. The Hall–Kier alpha value is 0.960. The molecule has 0 fully saturated rings. The van der Waals surface area contributed by atoms with Crippen molar-refractivity contribution in [2.45, 2.75) is 52.1 Å². The molecule has 0 amide bonds. The van der Waals surface area contributed by atoms with Gasteiger partial charge in [0, 0.05) is 0 Å². The molecule has 0 aliphatic rings. The molecule has 0 aromatic heterocycles. The standard InChI is InChI=1S/C8H18O.Na.H/c1-3-5-6-7-8(9)4-2;;/h8-9H,3-7H2,1-2H3;;. The van der Waals surface area contributed by atoms with Crippen LogP contribution >= 0.6 is 0 Å². The number of aliphatic hydroxyl groups excluding tert-OH is 1. The minimum atomic E-state index is -0.0449. The van der Waals surface area contributed by atoms with Crippen LogP contribution in [0.3, 0.4) is 0 Å². The van der Waals surface area contributed by atoms with E-state index in [0.717, 1.165) is 12.8 Å². The maximum absolute atomic E-state index is 9.08. The molecule has 0 aromatic rings. The summed E-state index contributed by atoms with van der Waals surface area (Å²) < 4.78 is 0. The third-order valence-corrected chi connectivity index (χ3v) is 1.61. The average molecular weight is 154 g/mol. The summed E-state index contributed by atoms with van der Waals surface area (Å²) in [6.45, 7) is 4.20. The Balaban J connectivity index is 0. The molecule has 0 aromatic carbocycles. The molecular formula is C8H19NaO. The maximum atomic E-state index is 9.08. The van der Waals surface area contributed by atoms with Crippen molar-refractivity contribution in [2.24, 2.45) is 0 Å². The zero-order valence-electron chi connectivity index (χ0n) is 6.56. The molecule has 2 heteroatoms. The molecule has 0 bridgehead atoms. The second kappa shape index (κ2) is 9.96. The predicted molar refractivity (Wildman–Crippen MR) is 47.6 cm³/mol. The van der Waals surface area contributed by atoms with Gasteiger partial charge in [0.05, 0.1) is 6.10 Å². The topological polar surface area (TPSA) is 20.2 Å². The van der Waals surface area contributed by atoms with Crippen LogP contribution in [0.25, 0.3) is 0 Å². The van der Waals surface area contributed by atoms with Gasteiger partial charge in [-0.05, 0) is 12.8 Å². The number of aliphatic hydroxyl groups is 1. The number of hydrogen-bond acceptors (Lipinski definition) is 1. The van der Waals surface area contributed by atoms with Crippen LogP contribution in [0.1, 0.15) is 46.0 Å². The Bertz CT molecular complexity index is 57.2. The van der Waals surface area contributed by atoms with Crippen molar-refractivity contribution in [1.82, 2.24) is 0 Å². The van der Waals surface area contributed by atoms with Gasteiger partial charge in [0.15, 0.2) is 0 Å². The summed E-state index contributed by atoms with van der Waals surface area (Å²) in [5.74, 6) is 0. The summed E-state index contributed by atoms with van der Waals surface area (Å²) in [6.07, 6.45) is 5.55. The van der Waals surface area contributed by atoms with Gasteiger partial charge in [-0.25, -0.2) is 0 Å². The first-order chi connectivity index (χ1) is 4.31. The predicted octanol–water partition coefficient (Wildman–Crippen LogP) is 1.69. The molecule has 0 saturated heterocycles. The quantitative estimate of drug-likeness (QED) is 0.472. The van der Waals surface area contributed by atoms with Crippen molar-refractivity contribution in [1.29, 1.82) is 0 Å². The van der Waals surface area contributed by atoms with Gasteiger partial charge in [0.1, 0.15) is 0 Å². The SMILES string of the molecule is CCCCCC(O)CC.[NaH]. The fourth-order valence-electron chi connectivity index (χ4n) is 0.834. The van der Waals surface area contributed by atoms with Gasteiger partial charge >= 0.3 is 29.6 Å². The Labute approximate surface area is 86.5 Å². The van der Waals surface area contributed by atoms with Gasteiger partial charge in [-0.3, -0.25) is 0 Å². The summed E-state index contributed by atoms with van der Waals surface area (Å²) in [5.41, 5.74) is 0. The molecule has 1 unspecified atom stereocenters. The fourth-order valence-corrected chi connectivity index (χ4v) is 0.834. The summed E-state index contributed by atoms with van der Waals surface area (Å²) in [6, 6.07) is 0. The molecule has 0 aliphatic carbocycles. The Morgan fingerprint density at radius 2 is 1.80 bits per heavy atom. The van der Waals surface area contributed by atoms with Crippen LogP contribution in [0.5, 0.6) is 0 Å². The third-order valence-electron chi connectivity index (χ3n) is 1.61. The summed E-state index contributed by atoms with van der Waals surface area (Å²) in [7, 11) is 0. The van der Waals surface area contributed by atoms with Crippen LogP contribution in [0, 0.1) is 0 Å². The van der Waals surface area contributed by atoms with Crippen LogP contribution in [-0.2, 0) is 0 Å². The van der Waals surface area contributed by atoms with E-state index >= 15 is 0 Å². The van der Waals surface area contributed by atoms with Gasteiger partial charge in [0.2, 0.25) is 0 Å². The van der Waals surface area contributed by atoms with E-state index in [-0.39, 0.29) is 35.7 Å². The zero-order chi connectivity index (χ0) is 7.11. The molecule has 0 rings (SSSR count). The first-order valence-electron chi connectivity index (χ1n) is 3.99. The van der Waals surface area contributed by atoms with Crippen molar-refractivity contribution in [3.8, 4) is 0 Å². The van der Waals surface area contributed by atoms with Crippen molar-refractivity contribution in [3.05, 3.63) is 0 Å². The molecular weight excluding hydrogens is 135 g/mol. The Morgan fingerprint density at radius 1 is 1.20 bits per heavy atom. The first-order valence-corrected chi connectivity index (χ1v) is 3.99. The van der Waals surface area contributed by atoms with Crippen LogP contribution in [0.2, 0.25) is 0 Å². The number of hydrogen-bond donors (Lipinski definition) is 1. The van der Waals surface area contributed by atoms with E-state index in [1.165, 1.54) is 19.3 Å². The average Bonchev–Trinajstić information content (AvgIpc) is 1.89. The van der Waals surface area contributed by atoms with Gasteiger partial charge in [-0.15, -0.1) is 0 Å². The monoisotopic (exact) mass is 154 g/mol. The van der Waals surface area contributed by atoms with Gasteiger partial charge in [0.25, 0.3) is 0 Å². The molecule has 1 atom stereocenters. The third kappa shape index (κ3) is 8.96. The molecule has 1 N–H and O–H groups in total. The van der Waals surface area contributed by atoms with Crippen LogP contribution in [-0.4, -0.2) is 40.8 Å². The van der Waals surface area contributed by atoms with Crippen molar-refractivity contribution < 1.29 is 5.11 Å².